The van der Waals surface area contributed by atoms with Gasteiger partial charge in [0, 0.05) is 12.5 Å². The van der Waals surface area contributed by atoms with Gasteiger partial charge in [0.1, 0.15) is 12.4 Å². The second-order valence-electron chi connectivity index (χ2n) is 4.00. The molecule has 0 bridgehead atoms. The lowest BCUT2D eigenvalue weighted by Gasteiger charge is -2.17. The molecule has 1 aromatic rings. The van der Waals surface area contributed by atoms with E-state index in [9.17, 15) is 5.11 Å². The summed E-state index contributed by atoms with van der Waals surface area (Å²) < 4.78 is 5.61. The summed E-state index contributed by atoms with van der Waals surface area (Å²) in [6.45, 7) is 2.86. The monoisotopic (exact) mass is 204 g/mol. The first-order valence-electron chi connectivity index (χ1n) is 5.29. The van der Waals surface area contributed by atoms with Gasteiger partial charge in [-0.05, 0) is 25.0 Å². The Hall–Kier alpha value is -1.28. The molecule has 1 N–H and O–H groups in total. The third kappa shape index (κ3) is 2.39. The normalized spacial score (nSPS) is 22.1. The predicted molar refractivity (Wildman–Crippen MR) is 60.1 cm³/mol. The molecule has 1 atom stereocenters. The Kier molecular flexibility index (Phi) is 3.07. The maximum atomic E-state index is 9.21. The van der Waals surface area contributed by atoms with E-state index < -0.39 is 0 Å². The molecule has 0 saturated heterocycles. The molecule has 1 aliphatic rings. The Morgan fingerprint density at radius 3 is 3.13 bits per heavy atom. The number of rotatable bonds is 1. The summed E-state index contributed by atoms with van der Waals surface area (Å²) in [6, 6.07) is 6.20. The van der Waals surface area contributed by atoms with Gasteiger partial charge in [-0.25, -0.2) is 0 Å². The van der Waals surface area contributed by atoms with Crippen molar-refractivity contribution in [2.45, 2.75) is 13.3 Å². The zero-order valence-electron chi connectivity index (χ0n) is 8.94. The smallest absolute Gasteiger partial charge is 0.123 e. The standard InChI is InChI=1S/C13H16O2/c1-10-4-5-13-12(7-10)8-11(9-14)3-2-6-15-13/h2-5,7,11,14H,6,8-9H2,1H3/b3-2-. The highest BCUT2D eigenvalue weighted by Crippen LogP contribution is 2.25. The van der Waals surface area contributed by atoms with Gasteiger partial charge in [0.2, 0.25) is 0 Å². The average Bonchev–Trinajstić information content (AvgIpc) is 2.20. The summed E-state index contributed by atoms with van der Waals surface area (Å²) >= 11 is 0. The number of aliphatic hydroxyl groups is 1. The molecule has 2 nitrogen and oxygen atoms in total. The average molecular weight is 204 g/mol. The maximum absolute atomic E-state index is 9.21. The van der Waals surface area contributed by atoms with Crippen LogP contribution in [0.5, 0.6) is 5.75 Å². The van der Waals surface area contributed by atoms with Gasteiger partial charge in [0.15, 0.2) is 0 Å². The lowest BCUT2D eigenvalue weighted by Crippen LogP contribution is -2.11. The minimum Gasteiger partial charge on any atom is -0.489 e. The number of fused-ring (bicyclic) bond motifs is 1. The number of aryl methyl sites for hydroxylation is 1. The van der Waals surface area contributed by atoms with Crippen LogP contribution in [0, 0.1) is 12.8 Å². The first kappa shape index (κ1) is 10.2. The van der Waals surface area contributed by atoms with Crippen LogP contribution >= 0.6 is 0 Å². The zero-order chi connectivity index (χ0) is 10.7. The quantitative estimate of drug-likeness (QED) is 0.710. The van der Waals surface area contributed by atoms with Crippen molar-refractivity contribution in [3.05, 3.63) is 41.5 Å². The van der Waals surface area contributed by atoms with Gasteiger partial charge >= 0.3 is 0 Å². The highest BCUT2D eigenvalue weighted by atomic mass is 16.5. The molecule has 1 unspecified atom stereocenters. The van der Waals surface area contributed by atoms with E-state index in [-0.39, 0.29) is 12.5 Å². The lowest BCUT2D eigenvalue weighted by atomic mass is 9.97. The Morgan fingerprint density at radius 1 is 1.47 bits per heavy atom. The summed E-state index contributed by atoms with van der Waals surface area (Å²) in [5, 5.41) is 9.21. The molecule has 0 fully saturated rings. The molecule has 0 amide bonds. The highest BCUT2D eigenvalue weighted by molar-refractivity contribution is 5.38. The van der Waals surface area contributed by atoms with Gasteiger partial charge in [0.05, 0.1) is 0 Å². The van der Waals surface area contributed by atoms with Gasteiger partial charge in [0.25, 0.3) is 0 Å². The van der Waals surface area contributed by atoms with E-state index in [1.54, 1.807) is 0 Å². The molecular weight excluding hydrogens is 188 g/mol. The van der Waals surface area contributed by atoms with E-state index in [2.05, 4.69) is 19.1 Å². The second-order valence-corrected chi connectivity index (χ2v) is 4.00. The van der Waals surface area contributed by atoms with E-state index in [1.807, 2.05) is 18.2 Å². The number of ether oxygens (including phenoxy) is 1. The number of hydrogen-bond donors (Lipinski definition) is 1. The molecule has 0 spiro atoms. The predicted octanol–water partition coefficient (Wildman–Crippen LogP) is 2.09. The van der Waals surface area contributed by atoms with E-state index >= 15 is 0 Å². The molecule has 1 heterocycles. The van der Waals surface area contributed by atoms with Gasteiger partial charge in [-0.15, -0.1) is 0 Å². The van der Waals surface area contributed by atoms with Gasteiger partial charge in [-0.1, -0.05) is 29.8 Å². The van der Waals surface area contributed by atoms with E-state index in [1.165, 1.54) is 11.1 Å². The first-order valence-corrected chi connectivity index (χ1v) is 5.29. The molecule has 0 aliphatic carbocycles. The van der Waals surface area contributed by atoms with Gasteiger partial charge < -0.3 is 9.84 Å². The Bertz CT molecular complexity index is 369. The third-order valence-electron chi connectivity index (χ3n) is 2.68. The number of hydrogen-bond acceptors (Lipinski definition) is 2. The first-order chi connectivity index (χ1) is 7.29. The zero-order valence-corrected chi connectivity index (χ0v) is 8.94. The summed E-state index contributed by atoms with van der Waals surface area (Å²) in [5.74, 6) is 1.16. The van der Waals surface area contributed by atoms with Crippen LogP contribution in [0.1, 0.15) is 11.1 Å². The molecule has 0 radical (unpaired) electrons. The van der Waals surface area contributed by atoms with Crippen molar-refractivity contribution >= 4 is 0 Å². The minimum atomic E-state index is 0.198. The van der Waals surface area contributed by atoms with E-state index in [0.29, 0.717) is 6.61 Å². The van der Waals surface area contributed by atoms with Crippen LogP contribution in [0.4, 0.5) is 0 Å². The summed E-state index contributed by atoms with van der Waals surface area (Å²) in [5.41, 5.74) is 2.43. The van der Waals surface area contributed by atoms with Crippen molar-refractivity contribution in [3.8, 4) is 5.75 Å². The van der Waals surface area contributed by atoms with Crippen molar-refractivity contribution in [2.75, 3.05) is 13.2 Å². The van der Waals surface area contributed by atoms with Crippen LogP contribution in [0.2, 0.25) is 0 Å². The fourth-order valence-electron chi connectivity index (χ4n) is 1.87. The number of benzene rings is 1. The summed E-state index contributed by atoms with van der Waals surface area (Å²) in [4.78, 5) is 0. The second kappa shape index (κ2) is 4.49. The van der Waals surface area contributed by atoms with Crippen LogP contribution in [-0.2, 0) is 6.42 Å². The Morgan fingerprint density at radius 2 is 2.33 bits per heavy atom. The molecule has 1 aliphatic heterocycles. The van der Waals surface area contributed by atoms with Crippen molar-refractivity contribution in [2.24, 2.45) is 5.92 Å². The highest BCUT2D eigenvalue weighted by Gasteiger charge is 2.12. The van der Waals surface area contributed by atoms with Crippen molar-refractivity contribution < 1.29 is 9.84 Å². The van der Waals surface area contributed by atoms with Crippen LogP contribution in [0.3, 0.4) is 0 Å². The molecule has 2 heteroatoms. The Labute approximate surface area is 90.2 Å². The third-order valence-corrected chi connectivity index (χ3v) is 2.68. The van der Waals surface area contributed by atoms with Crippen molar-refractivity contribution in [1.82, 2.24) is 0 Å². The number of aliphatic hydroxyl groups excluding tert-OH is 1. The largest absolute Gasteiger partial charge is 0.489 e. The SMILES string of the molecule is Cc1ccc2c(c1)CC(CO)/C=C\CO2. The van der Waals surface area contributed by atoms with Crippen LogP contribution in [0.15, 0.2) is 30.4 Å². The minimum absolute atomic E-state index is 0.198. The molecule has 15 heavy (non-hydrogen) atoms. The maximum Gasteiger partial charge on any atom is 0.123 e. The Balaban J connectivity index is 2.31. The fourth-order valence-corrected chi connectivity index (χ4v) is 1.87. The molecule has 0 saturated carbocycles. The molecule has 0 aromatic heterocycles. The van der Waals surface area contributed by atoms with E-state index in [0.717, 1.165) is 12.2 Å². The lowest BCUT2D eigenvalue weighted by molar-refractivity contribution is 0.247. The molecule has 1 aromatic carbocycles. The topological polar surface area (TPSA) is 29.5 Å². The van der Waals surface area contributed by atoms with Crippen LogP contribution in [0.25, 0.3) is 0 Å². The summed E-state index contributed by atoms with van der Waals surface area (Å²) in [7, 11) is 0. The van der Waals surface area contributed by atoms with Gasteiger partial charge in [-0.3, -0.25) is 0 Å². The fraction of sp³-hybridized carbons (Fsp3) is 0.385. The molecule has 2 rings (SSSR count). The van der Waals surface area contributed by atoms with Crippen LogP contribution in [-0.4, -0.2) is 18.3 Å². The van der Waals surface area contributed by atoms with E-state index in [4.69, 9.17) is 4.74 Å². The molecular formula is C13H16O2. The van der Waals surface area contributed by atoms with Crippen molar-refractivity contribution in [1.29, 1.82) is 0 Å². The van der Waals surface area contributed by atoms with Gasteiger partial charge in [-0.2, -0.15) is 0 Å². The van der Waals surface area contributed by atoms with Crippen LogP contribution < -0.4 is 4.74 Å². The summed E-state index contributed by atoms with van der Waals surface area (Å²) in [6.07, 6.45) is 4.86. The molecule has 80 valence electrons. The van der Waals surface area contributed by atoms with Crippen molar-refractivity contribution in [3.63, 3.8) is 0 Å².